The maximum absolute atomic E-state index is 11.8. The van der Waals surface area contributed by atoms with Gasteiger partial charge in [0.05, 0.1) is 13.0 Å². The van der Waals surface area contributed by atoms with E-state index in [0.717, 1.165) is 11.3 Å². The molecule has 0 amide bonds. The molecule has 0 aliphatic carbocycles. The van der Waals surface area contributed by atoms with E-state index in [1.807, 2.05) is 20.8 Å². The van der Waals surface area contributed by atoms with Gasteiger partial charge in [-0.3, -0.25) is 0 Å². The van der Waals surface area contributed by atoms with Gasteiger partial charge in [-0.15, -0.1) is 0 Å². The Balaban J connectivity index is 0.00000121. The minimum atomic E-state index is -4.18. The number of rotatable bonds is 3. The van der Waals surface area contributed by atoms with Crippen LogP contribution in [0.5, 0.6) is 5.88 Å². The molecule has 1 heterocycles. The van der Waals surface area contributed by atoms with E-state index in [2.05, 4.69) is 4.98 Å². The lowest BCUT2D eigenvalue weighted by atomic mass is 10.2. The predicted octanol–water partition coefficient (Wildman–Crippen LogP) is 4.06. The van der Waals surface area contributed by atoms with Crippen LogP contribution in [0.3, 0.4) is 0 Å². The van der Waals surface area contributed by atoms with Gasteiger partial charge in [0.25, 0.3) is 0 Å². The van der Waals surface area contributed by atoms with Crippen molar-refractivity contribution in [1.82, 2.24) is 4.98 Å². The minimum Gasteiger partial charge on any atom is -0.477 e. The molecule has 0 saturated heterocycles. The Morgan fingerprint density at radius 2 is 1.76 bits per heavy atom. The van der Waals surface area contributed by atoms with Crippen LogP contribution in [-0.2, 0) is 0 Å². The molecule has 0 aromatic carbocycles. The van der Waals surface area contributed by atoms with Crippen molar-refractivity contribution in [3.8, 4) is 5.88 Å². The quantitative estimate of drug-likeness (QED) is 0.806. The molecule has 0 spiro atoms. The fraction of sp³-hybridized carbons (Fsp3) is 0.583. The third kappa shape index (κ3) is 6.81. The smallest absolute Gasteiger partial charge is 0.392 e. The maximum Gasteiger partial charge on any atom is 0.392 e. The number of nitrogens with zero attached hydrogens (tertiary/aromatic N) is 1. The van der Waals surface area contributed by atoms with Gasteiger partial charge in [0.15, 0.2) is 0 Å². The summed E-state index contributed by atoms with van der Waals surface area (Å²) in [5.41, 5.74) is 1.75. The van der Waals surface area contributed by atoms with Crippen LogP contribution < -0.4 is 4.74 Å². The van der Waals surface area contributed by atoms with Crippen molar-refractivity contribution in [3.63, 3.8) is 0 Å². The number of ether oxygens (including phenoxy) is 1. The average molecular weight is 249 g/mol. The second-order valence-electron chi connectivity index (χ2n) is 3.27. The van der Waals surface area contributed by atoms with Gasteiger partial charge in [0.2, 0.25) is 5.88 Å². The number of pyridine rings is 1. The van der Waals surface area contributed by atoms with Gasteiger partial charge in [0, 0.05) is 11.8 Å². The molecule has 1 rings (SSSR count). The van der Waals surface area contributed by atoms with Crippen LogP contribution in [0.4, 0.5) is 13.2 Å². The summed E-state index contributed by atoms with van der Waals surface area (Å²) >= 11 is 0. The van der Waals surface area contributed by atoms with Gasteiger partial charge in [-0.1, -0.05) is 19.9 Å². The molecule has 0 atom stereocenters. The number of aromatic nitrogens is 1. The van der Waals surface area contributed by atoms with Crippen molar-refractivity contribution < 1.29 is 17.9 Å². The second kappa shape index (κ2) is 7.14. The van der Waals surface area contributed by atoms with E-state index in [4.69, 9.17) is 4.74 Å². The third-order valence-corrected chi connectivity index (χ3v) is 1.96. The Morgan fingerprint density at radius 3 is 2.24 bits per heavy atom. The summed E-state index contributed by atoms with van der Waals surface area (Å²) in [5, 5.41) is 0. The van der Waals surface area contributed by atoms with Crippen molar-refractivity contribution in [2.75, 3.05) is 6.61 Å². The van der Waals surface area contributed by atoms with E-state index in [1.165, 1.54) is 0 Å². The first-order valence-electron chi connectivity index (χ1n) is 5.52. The first-order chi connectivity index (χ1) is 7.88. The van der Waals surface area contributed by atoms with Gasteiger partial charge >= 0.3 is 6.18 Å². The van der Waals surface area contributed by atoms with Crippen LogP contribution in [-0.4, -0.2) is 17.8 Å². The Kier molecular flexibility index (Phi) is 6.61. The zero-order valence-corrected chi connectivity index (χ0v) is 10.6. The molecule has 98 valence electrons. The highest BCUT2D eigenvalue weighted by Gasteiger charge is 2.26. The summed E-state index contributed by atoms with van der Waals surface area (Å²) in [5.74, 6) is 0.238. The summed E-state index contributed by atoms with van der Waals surface area (Å²) in [6.45, 7) is 7.27. The number of hydrogen-bond donors (Lipinski definition) is 0. The van der Waals surface area contributed by atoms with Gasteiger partial charge < -0.3 is 4.74 Å². The SMILES string of the molecule is CC.Cc1ccc(OCCC(F)(F)F)nc1C. The van der Waals surface area contributed by atoms with Crippen LogP contribution in [0.2, 0.25) is 0 Å². The fourth-order valence-corrected chi connectivity index (χ4v) is 0.959. The van der Waals surface area contributed by atoms with E-state index in [0.29, 0.717) is 0 Å². The highest BCUT2D eigenvalue weighted by Crippen LogP contribution is 2.20. The topological polar surface area (TPSA) is 22.1 Å². The Morgan fingerprint density at radius 1 is 1.18 bits per heavy atom. The molecule has 0 aliphatic heterocycles. The van der Waals surface area contributed by atoms with E-state index >= 15 is 0 Å². The van der Waals surface area contributed by atoms with Gasteiger partial charge in [-0.05, 0) is 19.4 Å². The highest BCUT2D eigenvalue weighted by atomic mass is 19.4. The first kappa shape index (κ1) is 15.7. The van der Waals surface area contributed by atoms with Gasteiger partial charge in [0.1, 0.15) is 0 Å². The Hall–Kier alpha value is -1.26. The van der Waals surface area contributed by atoms with Crippen LogP contribution in [0.1, 0.15) is 31.5 Å². The molecule has 1 aromatic heterocycles. The summed E-state index contributed by atoms with van der Waals surface area (Å²) in [6.07, 6.45) is -5.14. The minimum absolute atomic E-state index is 0.238. The molecule has 2 nitrogen and oxygen atoms in total. The van der Waals surface area contributed by atoms with E-state index in [9.17, 15) is 13.2 Å². The highest BCUT2D eigenvalue weighted by molar-refractivity contribution is 5.23. The summed E-state index contributed by atoms with van der Waals surface area (Å²) in [6, 6.07) is 3.34. The normalized spacial score (nSPS) is 10.5. The zero-order valence-electron chi connectivity index (χ0n) is 10.6. The average Bonchev–Trinajstić information content (AvgIpc) is 2.24. The molecule has 0 saturated carbocycles. The van der Waals surface area contributed by atoms with Crippen LogP contribution in [0.25, 0.3) is 0 Å². The van der Waals surface area contributed by atoms with Crippen LogP contribution in [0, 0.1) is 13.8 Å². The van der Waals surface area contributed by atoms with Gasteiger partial charge in [-0.25, -0.2) is 4.98 Å². The molecule has 0 bridgehead atoms. The van der Waals surface area contributed by atoms with Crippen molar-refractivity contribution in [1.29, 1.82) is 0 Å². The number of hydrogen-bond acceptors (Lipinski definition) is 2. The summed E-state index contributed by atoms with van der Waals surface area (Å²) in [7, 11) is 0. The van der Waals surface area contributed by atoms with Crippen LogP contribution >= 0.6 is 0 Å². The Bertz CT molecular complexity index is 337. The molecule has 0 unspecified atom stereocenters. The van der Waals surface area contributed by atoms with E-state index in [1.54, 1.807) is 19.1 Å². The zero-order chi connectivity index (χ0) is 13.5. The Labute approximate surface area is 99.8 Å². The fourth-order valence-electron chi connectivity index (χ4n) is 0.959. The molecule has 1 aromatic rings. The lowest BCUT2D eigenvalue weighted by Crippen LogP contribution is -2.13. The van der Waals surface area contributed by atoms with Crippen molar-refractivity contribution in [3.05, 3.63) is 23.4 Å². The monoisotopic (exact) mass is 249 g/mol. The van der Waals surface area contributed by atoms with E-state index in [-0.39, 0.29) is 12.5 Å². The summed E-state index contributed by atoms with van der Waals surface area (Å²) < 4.78 is 40.3. The molecular weight excluding hydrogens is 231 g/mol. The molecule has 0 radical (unpaired) electrons. The lowest BCUT2D eigenvalue weighted by Gasteiger charge is -2.08. The van der Waals surface area contributed by atoms with E-state index < -0.39 is 12.6 Å². The molecule has 17 heavy (non-hydrogen) atoms. The standard InChI is InChI=1S/C10H12F3NO.C2H6/c1-7-3-4-9(14-8(7)2)15-6-5-10(11,12)13;1-2/h3-4H,5-6H2,1-2H3;1-2H3. The molecule has 5 heteroatoms. The maximum atomic E-state index is 11.8. The molecule has 0 fully saturated rings. The lowest BCUT2D eigenvalue weighted by molar-refractivity contribution is -0.139. The molecule has 0 aliphatic rings. The molecule has 0 N–H and O–H groups in total. The summed E-state index contributed by atoms with van der Waals surface area (Å²) in [4.78, 5) is 4.00. The first-order valence-corrected chi connectivity index (χ1v) is 5.52. The van der Waals surface area contributed by atoms with Crippen molar-refractivity contribution >= 4 is 0 Å². The van der Waals surface area contributed by atoms with Crippen molar-refractivity contribution in [2.45, 2.75) is 40.3 Å². The van der Waals surface area contributed by atoms with Crippen LogP contribution in [0.15, 0.2) is 12.1 Å². The largest absolute Gasteiger partial charge is 0.477 e. The van der Waals surface area contributed by atoms with Gasteiger partial charge in [-0.2, -0.15) is 13.2 Å². The molecular formula is C12H18F3NO. The third-order valence-electron chi connectivity index (χ3n) is 1.96. The number of alkyl halides is 3. The number of aryl methyl sites for hydroxylation is 2. The second-order valence-corrected chi connectivity index (χ2v) is 3.27. The number of halogens is 3. The van der Waals surface area contributed by atoms with Crippen molar-refractivity contribution in [2.24, 2.45) is 0 Å². The predicted molar refractivity (Wildman–Crippen MR) is 61.2 cm³/mol.